The first-order valence-corrected chi connectivity index (χ1v) is 7.78. The number of alkyl halides is 1. The number of nitrogens with zero attached hydrogens (tertiary/aromatic N) is 1. The summed E-state index contributed by atoms with van der Waals surface area (Å²) in [5, 5.41) is 3.66. The van der Waals surface area contributed by atoms with Gasteiger partial charge in [0.15, 0.2) is 0 Å². The Morgan fingerprint density at radius 1 is 1.30 bits per heavy atom. The summed E-state index contributed by atoms with van der Waals surface area (Å²) >= 11 is 0. The highest BCUT2D eigenvalue weighted by atomic mass is 19.1. The zero-order valence-electron chi connectivity index (χ0n) is 12.7. The smallest absolute Gasteiger partial charge is 0.0906 e. The van der Waals surface area contributed by atoms with Gasteiger partial charge in [-0.25, -0.2) is 0 Å². The quantitative estimate of drug-likeness (QED) is 0.861. The Kier molecular flexibility index (Phi) is 5.99. The summed E-state index contributed by atoms with van der Waals surface area (Å²) in [6.45, 7) is 7.21. The highest BCUT2D eigenvalue weighted by Crippen LogP contribution is 2.17. The van der Waals surface area contributed by atoms with Crippen LogP contribution < -0.4 is 5.32 Å². The molecule has 1 aliphatic rings. The summed E-state index contributed by atoms with van der Waals surface area (Å²) in [6.07, 6.45) is 1.70. The highest BCUT2D eigenvalue weighted by Gasteiger charge is 2.28. The molecule has 0 saturated carbocycles. The van der Waals surface area contributed by atoms with Gasteiger partial charge in [-0.1, -0.05) is 44.2 Å². The topological polar surface area (TPSA) is 15.3 Å². The van der Waals surface area contributed by atoms with Gasteiger partial charge in [-0.05, 0) is 24.3 Å². The molecule has 3 heteroatoms. The Morgan fingerprint density at radius 3 is 2.70 bits per heavy atom. The number of piperazine rings is 1. The third-order valence-corrected chi connectivity index (χ3v) is 4.26. The predicted molar refractivity (Wildman–Crippen MR) is 82.7 cm³/mol. The molecule has 2 unspecified atom stereocenters. The third-order valence-electron chi connectivity index (χ3n) is 4.26. The number of hydrogen-bond acceptors (Lipinski definition) is 2. The van der Waals surface area contributed by atoms with Crippen LogP contribution in [-0.2, 0) is 6.42 Å². The Morgan fingerprint density at radius 2 is 2.05 bits per heavy atom. The van der Waals surface area contributed by atoms with Crippen LogP contribution in [0, 0.1) is 5.92 Å². The largest absolute Gasteiger partial charge is 0.311 e. The van der Waals surface area contributed by atoms with Crippen molar-refractivity contribution in [3.8, 4) is 0 Å². The van der Waals surface area contributed by atoms with Gasteiger partial charge in [0.25, 0.3) is 0 Å². The predicted octanol–water partition coefficient (Wildman–Crippen LogP) is 2.89. The van der Waals surface area contributed by atoms with Crippen LogP contribution >= 0.6 is 0 Å². The second kappa shape index (κ2) is 7.75. The van der Waals surface area contributed by atoms with Crippen LogP contribution in [0.3, 0.4) is 0 Å². The van der Waals surface area contributed by atoms with Crippen LogP contribution in [0.2, 0.25) is 0 Å². The van der Waals surface area contributed by atoms with Gasteiger partial charge in [0, 0.05) is 31.7 Å². The van der Waals surface area contributed by atoms with E-state index in [2.05, 4.69) is 54.4 Å². The van der Waals surface area contributed by atoms with Crippen molar-refractivity contribution in [2.75, 3.05) is 26.3 Å². The summed E-state index contributed by atoms with van der Waals surface area (Å²) in [6, 6.07) is 11.6. The van der Waals surface area contributed by atoms with Crippen LogP contribution in [0.4, 0.5) is 4.39 Å². The first-order chi connectivity index (χ1) is 9.70. The van der Waals surface area contributed by atoms with E-state index < -0.39 is 0 Å². The van der Waals surface area contributed by atoms with Crippen molar-refractivity contribution < 1.29 is 4.39 Å². The van der Waals surface area contributed by atoms with Gasteiger partial charge in [-0.3, -0.25) is 9.29 Å². The molecule has 112 valence electrons. The van der Waals surface area contributed by atoms with Crippen LogP contribution in [0.25, 0.3) is 0 Å². The van der Waals surface area contributed by atoms with Crippen molar-refractivity contribution in [3.63, 3.8) is 0 Å². The molecule has 0 bridgehead atoms. The van der Waals surface area contributed by atoms with E-state index in [1.54, 1.807) is 0 Å². The van der Waals surface area contributed by atoms with Crippen LogP contribution in [0.15, 0.2) is 30.3 Å². The van der Waals surface area contributed by atoms with Gasteiger partial charge in [-0.2, -0.15) is 0 Å². The Bertz CT molecular complexity index is 380. The number of nitrogens with one attached hydrogen (secondary N) is 1. The minimum atomic E-state index is -0.214. The van der Waals surface area contributed by atoms with E-state index in [1.807, 2.05) is 0 Å². The fourth-order valence-corrected chi connectivity index (χ4v) is 2.95. The van der Waals surface area contributed by atoms with E-state index in [-0.39, 0.29) is 6.67 Å². The summed E-state index contributed by atoms with van der Waals surface area (Å²) in [7, 11) is 0. The molecule has 2 rings (SSSR count). The summed E-state index contributed by atoms with van der Waals surface area (Å²) < 4.78 is 12.5. The molecule has 0 radical (unpaired) electrons. The van der Waals surface area contributed by atoms with Crippen molar-refractivity contribution in [1.29, 1.82) is 0 Å². The molecular formula is C17H27FN2. The standard InChI is InChI=1S/C17H27FN2/c1-14(2)17-13-20(10-6-9-18)16(12-19-17)11-15-7-4-3-5-8-15/h3-5,7-8,14,16-17,19H,6,9-13H2,1-2H3. The molecule has 1 fully saturated rings. The van der Waals surface area contributed by atoms with Gasteiger partial charge < -0.3 is 5.32 Å². The molecule has 0 aliphatic carbocycles. The number of halogens is 1. The van der Waals surface area contributed by atoms with Gasteiger partial charge >= 0.3 is 0 Å². The van der Waals surface area contributed by atoms with Gasteiger partial charge in [-0.15, -0.1) is 0 Å². The van der Waals surface area contributed by atoms with Crippen molar-refractivity contribution in [1.82, 2.24) is 10.2 Å². The summed E-state index contributed by atoms with van der Waals surface area (Å²) in [4.78, 5) is 2.48. The maximum atomic E-state index is 12.5. The average Bonchev–Trinajstić information content (AvgIpc) is 2.47. The molecule has 1 heterocycles. The fraction of sp³-hybridized carbons (Fsp3) is 0.647. The zero-order chi connectivity index (χ0) is 14.4. The molecule has 2 atom stereocenters. The lowest BCUT2D eigenvalue weighted by molar-refractivity contribution is 0.109. The lowest BCUT2D eigenvalue weighted by atomic mass is 9.96. The van der Waals surface area contributed by atoms with Gasteiger partial charge in [0.05, 0.1) is 6.67 Å². The van der Waals surface area contributed by atoms with Crippen LogP contribution in [0.5, 0.6) is 0 Å². The van der Waals surface area contributed by atoms with E-state index >= 15 is 0 Å². The lowest BCUT2D eigenvalue weighted by Crippen LogP contribution is -2.58. The highest BCUT2D eigenvalue weighted by molar-refractivity contribution is 5.16. The second-order valence-electron chi connectivity index (χ2n) is 6.14. The summed E-state index contributed by atoms with van der Waals surface area (Å²) in [5.41, 5.74) is 1.37. The molecule has 2 nitrogen and oxygen atoms in total. The monoisotopic (exact) mass is 278 g/mol. The van der Waals surface area contributed by atoms with E-state index in [1.165, 1.54) is 5.56 Å². The second-order valence-corrected chi connectivity index (χ2v) is 6.14. The molecule has 1 saturated heterocycles. The minimum absolute atomic E-state index is 0.214. The van der Waals surface area contributed by atoms with Crippen LogP contribution in [0.1, 0.15) is 25.8 Å². The maximum absolute atomic E-state index is 12.5. The van der Waals surface area contributed by atoms with E-state index in [4.69, 9.17) is 0 Å². The lowest BCUT2D eigenvalue weighted by Gasteiger charge is -2.42. The maximum Gasteiger partial charge on any atom is 0.0906 e. The number of hydrogen-bond donors (Lipinski definition) is 1. The molecule has 1 aromatic carbocycles. The molecule has 0 aromatic heterocycles. The minimum Gasteiger partial charge on any atom is -0.311 e. The first-order valence-electron chi connectivity index (χ1n) is 7.78. The first kappa shape index (κ1) is 15.5. The number of rotatable bonds is 6. The van der Waals surface area contributed by atoms with Crippen molar-refractivity contribution >= 4 is 0 Å². The molecular weight excluding hydrogens is 251 g/mol. The average molecular weight is 278 g/mol. The Balaban J connectivity index is 1.98. The molecule has 0 amide bonds. The molecule has 1 aromatic rings. The van der Waals surface area contributed by atoms with E-state index in [0.29, 0.717) is 24.4 Å². The van der Waals surface area contributed by atoms with Gasteiger partial charge in [0.1, 0.15) is 0 Å². The Labute approximate surface area is 122 Å². The van der Waals surface area contributed by atoms with Gasteiger partial charge in [0.2, 0.25) is 0 Å². The normalized spacial score (nSPS) is 24.2. The fourth-order valence-electron chi connectivity index (χ4n) is 2.95. The molecule has 1 aliphatic heterocycles. The van der Waals surface area contributed by atoms with E-state index in [9.17, 15) is 4.39 Å². The third kappa shape index (κ3) is 4.29. The Hall–Kier alpha value is -0.930. The zero-order valence-corrected chi connectivity index (χ0v) is 12.7. The van der Waals surface area contributed by atoms with Crippen molar-refractivity contribution in [2.24, 2.45) is 5.92 Å². The summed E-state index contributed by atoms with van der Waals surface area (Å²) in [5.74, 6) is 0.626. The van der Waals surface area contributed by atoms with Crippen molar-refractivity contribution in [2.45, 2.75) is 38.8 Å². The van der Waals surface area contributed by atoms with Crippen molar-refractivity contribution in [3.05, 3.63) is 35.9 Å². The molecule has 20 heavy (non-hydrogen) atoms. The van der Waals surface area contributed by atoms with E-state index in [0.717, 1.165) is 26.1 Å². The molecule has 0 spiro atoms. The number of benzene rings is 1. The molecule has 1 N–H and O–H groups in total. The SMILES string of the molecule is CC(C)C1CN(CCCF)C(Cc2ccccc2)CN1. The van der Waals surface area contributed by atoms with Crippen LogP contribution in [-0.4, -0.2) is 43.3 Å².